The van der Waals surface area contributed by atoms with Crippen LogP contribution in [0.4, 0.5) is 14.6 Å². The lowest BCUT2D eigenvalue weighted by Crippen LogP contribution is -2.49. The Bertz CT molecular complexity index is 3830. The van der Waals surface area contributed by atoms with Gasteiger partial charge in [-0.1, -0.05) is 56.3 Å². The average Bonchev–Trinajstić information content (AvgIpc) is 1.82. The number of hydrogen-bond acceptors (Lipinski definition) is 18. The number of ether oxygens (including phenoxy) is 1. The van der Waals surface area contributed by atoms with Crippen LogP contribution in [0.2, 0.25) is 0 Å². The molecule has 4 N–H and O–H groups in total. The number of pyridine rings is 1. The third-order valence-corrected chi connectivity index (χ3v) is 18.8. The number of aliphatic hydroxyl groups excluding tert-OH is 1. The van der Waals surface area contributed by atoms with Gasteiger partial charge in [-0.2, -0.15) is 9.97 Å². The first-order valence-electron chi connectivity index (χ1n) is 30.2. The second-order valence-corrected chi connectivity index (χ2v) is 25.7. The summed E-state index contributed by atoms with van der Waals surface area (Å²) < 4.78 is 40.4. The zero-order valence-electron chi connectivity index (χ0n) is 50.0. The smallest absolute Gasteiger partial charge is 0.319 e. The van der Waals surface area contributed by atoms with Crippen molar-refractivity contribution in [3.8, 4) is 44.8 Å². The molecular weight excluding hydrogens is 1130 g/mol. The van der Waals surface area contributed by atoms with Crippen LogP contribution in [0.5, 0.6) is 11.8 Å². The summed E-state index contributed by atoms with van der Waals surface area (Å²) in [4.78, 5) is 65.6. The highest BCUT2D eigenvalue weighted by Crippen LogP contribution is 2.47. The van der Waals surface area contributed by atoms with Crippen LogP contribution in [0.25, 0.3) is 54.8 Å². The van der Waals surface area contributed by atoms with Crippen LogP contribution in [-0.4, -0.2) is 170 Å². The van der Waals surface area contributed by atoms with E-state index in [-0.39, 0.29) is 77.2 Å². The number of rotatable bonds is 19. The van der Waals surface area contributed by atoms with Gasteiger partial charge in [-0.25, -0.2) is 18.4 Å². The van der Waals surface area contributed by atoms with E-state index in [0.29, 0.717) is 77.8 Å². The van der Waals surface area contributed by atoms with Crippen molar-refractivity contribution in [3.63, 3.8) is 0 Å². The highest BCUT2D eigenvalue weighted by atomic mass is 32.1. The van der Waals surface area contributed by atoms with Gasteiger partial charge in [-0.3, -0.25) is 24.5 Å². The number of likely N-dealkylation sites (tertiary alicyclic amines) is 1. The van der Waals surface area contributed by atoms with Gasteiger partial charge in [0, 0.05) is 95.1 Å². The number of aromatic hydroxyl groups is 1. The predicted molar refractivity (Wildman–Crippen MR) is 327 cm³/mol. The second-order valence-electron chi connectivity index (χ2n) is 24.8. The van der Waals surface area contributed by atoms with E-state index < -0.39 is 35.4 Å². The Kier molecular flexibility index (Phi) is 16.8. The van der Waals surface area contributed by atoms with Gasteiger partial charge < -0.3 is 45.0 Å². The molecule has 20 nitrogen and oxygen atoms in total. The number of carbonyl (C=O) groups is 2. The van der Waals surface area contributed by atoms with E-state index in [1.165, 1.54) is 34.0 Å². The molecule has 0 radical (unpaired) electrons. The highest BCUT2D eigenvalue weighted by molar-refractivity contribution is 7.13. The van der Waals surface area contributed by atoms with Crippen LogP contribution in [0.15, 0.2) is 78.8 Å². The second kappa shape index (κ2) is 24.5. The van der Waals surface area contributed by atoms with Gasteiger partial charge in [0.15, 0.2) is 5.82 Å². The van der Waals surface area contributed by atoms with Crippen LogP contribution in [0.1, 0.15) is 101 Å². The molecule has 3 saturated heterocycles. The molecule has 1 aliphatic carbocycles. The number of amides is 2. The monoisotopic (exact) mass is 1200 g/mol. The van der Waals surface area contributed by atoms with E-state index in [1.54, 1.807) is 42.9 Å². The number of benzene rings is 3. The van der Waals surface area contributed by atoms with Crippen molar-refractivity contribution in [1.29, 1.82) is 0 Å². The first-order valence-corrected chi connectivity index (χ1v) is 31.1. The van der Waals surface area contributed by atoms with E-state index in [4.69, 9.17) is 19.7 Å². The molecule has 4 aliphatic rings. The van der Waals surface area contributed by atoms with Crippen molar-refractivity contribution in [2.75, 3.05) is 70.4 Å². The summed E-state index contributed by atoms with van der Waals surface area (Å²) in [6, 6.07) is 11.9. The molecule has 5 aromatic heterocycles. The number of β-amino-alcohol motifs (C(OH)–C–C–N with tert-alkyl or cyclic N) is 2. The van der Waals surface area contributed by atoms with Gasteiger partial charge >= 0.3 is 6.01 Å². The third kappa shape index (κ3) is 12.6. The molecular formula is C64H74F2N14O6S. The minimum atomic E-state index is -0.989. The number of fused-ring (bicyclic) bond motifs is 2. The highest BCUT2D eigenvalue weighted by Gasteiger charge is 2.46. The van der Waals surface area contributed by atoms with Crippen molar-refractivity contribution < 1.29 is 38.4 Å². The molecule has 456 valence electrons. The summed E-state index contributed by atoms with van der Waals surface area (Å²) in [5, 5.41) is 45.9. The third-order valence-electron chi connectivity index (χ3n) is 17.8. The quantitative estimate of drug-likeness (QED) is 0.0596. The van der Waals surface area contributed by atoms with E-state index >= 15 is 8.78 Å². The number of nitrogens with zero attached hydrogens (tertiary/aromatic N) is 13. The van der Waals surface area contributed by atoms with Gasteiger partial charge in [-0.05, 0) is 104 Å². The molecule has 5 atom stereocenters. The van der Waals surface area contributed by atoms with Crippen molar-refractivity contribution in [2.45, 2.75) is 116 Å². The van der Waals surface area contributed by atoms with Crippen molar-refractivity contribution in [3.05, 3.63) is 113 Å². The molecule has 2 amide bonds. The fraction of sp³-hybridized carbons (Fsp3) is 0.469. The number of phenols is 1. The Morgan fingerprint density at radius 3 is 2.40 bits per heavy atom. The number of piperazine rings is 1. The number of phenolic OH excluding ortho intramolecular Hbond substituents is 1. The summed E-state index contributed by atoms with van der Waals surface area (Å²) in [5.74, 6) is -1.75. The van der Waals surface area contributed by atoms with Crippen LogP contribution >= 0.6 is 11.3 Å². The van der Waals surface area contributed by atoms with Crippen LogP contribution in [0, 0.1) is 29.9 Å². The molecule has 8 aromatic rings. The summed E-state index contributed by atoms with van der Waals surface area (Å²) in [7, 11) is 0. The largest absolute Gasteiger partial charge is 0.508 e. The number of nitrogens with one attached hydrogen (secondary N) is 1. The van der Waals surface area contributed by atoms with Crippen molar-refractivity contribution in [1.82, 2.24) is 64.9 Å². The SMILES string of the molecule is CCc1c(F)ccc2cc(O)cc(-c3ncc4c(N5CCC[C@@](C)(O)C5)nc(OCC5(CN6CCN(CCc7cnc(-c8cn([C@H](C(=O)N9C[C@H](O)C[C@H]9C(=O)N[C@@H](C)c9ccc(-c%10scnc%10C)cc9)C(C)C)nn8)cn7)CC6)CC5)nc4c3F)c12. The number of carbonyl (C=O) groups excluding carboxylic acids is 2. The number of halogens is 2. The lowest BCUT2D eigenvalue weighted by atomic mass is 9.94. The van der Waals surface area contributed by atoms with Gasteiger partial charge in [-0.15, -0.1) is 16.4 Å². The summed E-state index contributed by atoms with van der Waals surface area (Å²) >= 11 is 1.58. The number of aliphatic hydroxyl groups is 2. The number of aromatic nitrogens is 9. The van der Waals surface area contributed by atoms with Gasteiger partial charge in [0.25, 0.3) is 0 Å². The number of hydrogen-bond donors (Lipinski definition) is 4. The van der Waals surface area contributed by atoms with E-state index in [9.17, 15) is 24.9 Å². The van der Waals surface area contributed by atoms with E-state index in [0.717, 1.165) is 79.5 Å². The first-order chi connectivity index (χ1) is 41.8. The maximum atomic E-state index is 17.2. The van der Waals surface area contributed by atoms with Crippen LogP contribution in [-0.2, 0) is 22.4 Å². The van der Waals surface area contributed by atoms with Crippen molar-refractivity contribution >= 4 is 50.6 Å². The number of aryl methyl sites for hydroxylation is 2. The molecule has 23 heteroatoms. The number of thiazole rings is 1. The van der Waals surface area contributed by atoms with Crippen LogP contribution < -0.4 is 15.0 Å². The summed E-state index contributed by atoms with van der Waals surface area (Å²) in [6.07, 6.45) is 10.2. The fourth-order valence-electron chi connectivity index (χ4n) is 12.8. The maximum absolute atomic E-state index is 17.2. The maximum Gasteiger partial charge on any atom is 0.319 e. The normalized spacial score (nSPS) is 20.6. The van der Waals surface area contributed by atoms with Crippen molar-refractivity contribution in [2.24, 2.45) is 11.3 Å². The van der Waals surface area contributed by atoms with Gasteiger partial charge in [0.05, 0.1) is 63.9 Å². The van der Waals surface area contributed by atoms with Gasteiger partial charge in [0.2, 0.25) is 11.8 Å². The Hall–Kier alpha value is -7.70. The molecule has 0 unspecified atom stereocenters. The molecule has 87 heavy (non-hydrogen) atoms. The van der Waals surface area contributed by atoms with Gasteiger partial charge in [0.1, 0.15) is 52.1 Å². The Morgan fingerprint density at radius 2 is 1.70 bits per heavy atom. The average molecular weight is 1210 g/mol. The lowest BCUT2D eigenvalue weighted by Gasteiger charge is -2.38. The van der Waals surface area contributed by atoms with Crippen LogP contribution in [0.3, 0.4) is 0 Å². The van der Waals surface area contributed by atoms with E-state index in [1.807, 2.05) is 69.3 Å². The molecule has 8 heterocycles. The number of piperidine rings is 1. The molecule has 0 spiro atoms. The molecule has 12 rings (SSSR count). The standard InChI is InChI=1S/C64H74F2N14O6S/c1-7-46-49(65)14-13-42-25-44(81)26-47(53(42)46)55-54(66)56-48(29-69-55)59(78-19-8-16-63(6,85)33-78)73-62(72-56)86-35-64(17-18-64)34-77-23-21-76(22-24-77)20-15-43-28-68-50(30-67-43)51-32-80(75-74-51)57(37(2)3)61(84)79-31-45(82)27-52(79)60(83)71-38(4)40-9-11-41(12-10-40)58-39(5)70-36-87-58/h9-14,25-26,28-30,32,36-38,45,52,57,81-82,85H,7-8,15-24,27,31,33-35H2,1-6H3,(H,71,83)/t38-,45+,52-,57-,63+/m0/s1. The Morgan fingerprint density at radius 1 is 0.920 bits per heavy atom. The zero-order chi connectivity index (χ0) is 60.9. The minimum Gasteiger partial charge on any atom is -0.508 e. The minimum absolute atomic E-state index is 0.0135. The topological polar surface area (TPSA) is 237 Å². The summed E-state index contributed by atoms with van der Waals surface area (Å²) in [6.45, 7) is 17.7. The zero-order valence-corrected chi connectivity index (χ0v) is 50.8. The molecule has 3 aromatic carbocycles. The molecule has 4 fully saturated rings. The van der Waals surface area contributed by atoms with E-state index in [2.05, 4.69) is 40.4 Å². The molecule has 1 saturated carbocycles. The predicted octanol–water partition coefficient (Wildman–Crippen LogP) is 8.28. The first kappa shape index (κ1) is 59.6. The Labute approximate surface area is 507 Å². The summed E-state index contributed by atoms with van der Waals surface area (Å²) in [5.41, 5.74) is 6.00. The lowest BCUT2D eigenvalue weighted by molar-refractivity contribution is -0.142. The number of anilines is 1. The molecule has 0 bridgehead atoms. The molecule has 3 aliphatic heterocycles. The Balaban J connectivity index is 0.650. The fourth-order valence-corrected chi connectivity index (χ4v) is 13.6.